The zero-order valence-electron chi connectivity index (χ0n) is 11.7. The highest BCUT2D eigenvalue weighted by Crippen LogP contribution is 2.20. The number of rotatable bonds is 7. The molecule has 1 amide bonds. The Hall–Kier alpha value is -1.10. The van der Waals surface area contributed by atoms with E-state index in [1.165, 1.54) is 31.7 Å². The average molecular weight is 289 g/mol. The molecule has 0 radical (unpaired) electrons. The van der Waals surface area contributed by atoms with Gasteiger partial charge in [0.2, 0.25) is 0 Å². The summed E-state index contributed by atoms with van der Waals surface area (Å²) in [5.74, 6) is -0.290. The van der Waals surface area contributed by atoms with Gasteiger partial charge in [-0.1, -0.05) is 24.3 Å². The third kappa shape index (κ3) is 7.82. The SMILES string of the molecule is CSC(C(=O)NCC=CC=CC(C)F)=C(C)C(C)F. The third-order valence-electron chi connectivity index (χ3n) is 2.37. The van der Waals surface area contributed by atoms with Crippen LogP contribution in [0, 0.1) is 0 Å². The van der Waals surface area contributed by atoms with Crippen LogP contribution in [0.2, 0.25) is 0 Å². The van der Waals surface area contributed by atoms with Crippen molar-refractivity contribution in [3.8, 4) is 0 Å². The van der Waals surface area contributed by atoms with Crippen LogP contribution in [-0.4, -0.2) is 31.1 Å². The lowest BCUT2D eigenvalue weighted by molar-refractivity contribution is -0.116. The van der Waals surface area contributed by atoms with E-state index >= 15 is 0 Å². The summed E-state index contributed by atoms with van der Waals surface area (Å²) in [5, 5.41) is 2.66. The van der Waals surface area contributed by atoms with Crippen LogP contribution in [0.5, 0.6) is 0 Å². The van der Waals surface area contributed by atoms with E-state index in [4.69, 9.17) is 0 Å². The fourth-order valence-electron chi connectivity index (χ4n) is 1.21. The molecule has 0 bridgehead atoms. The topological polar surface area (TPSA) is 29.1 Å². The van der Waals surface area contributed by atoms with Crippen molar-refractivity contribution >= 4 is 17.7 Å². The Balaban J connectivity index is 4.35. The Labute approximate surface area is 118 Å². The molecule has 2 unspecified atom stereocenters. The van der Waals surface area contributed by atoms with E-state index in [0.29, 0.717) is 17.0 Å². The van der Waals surface area contributed by atoms with Crippen LogP contribution in [0.25, 0.3) is 0 Å². The van der Waals surface area contributed by atoms with Crippen LogP contribution in [0.4, 0.5) is 8.78 Å². The minimum Gasteiger partial charge on any atom is -0.348 e. The molecule has 0 saturated heterocycles. The highest BCUT2D eigenvalue weighted by molar-refractivity contribution is 8.03. The number of carbonyl (C=O) groups is 1. The molecule has 0 aliphatic carbocycles. The second kappa shape index (κ2) is 9.78. The van der Waals surface area contributed by atoms with Crippen LogP contribution < -0.4 is 5.32 Å². The minimum atomic E-state index is -1.14. The molecule has 0 heterocycles. The number of halogens is 2. The molecule has 0 aromatic heterocycles. The molecular formula is C14H21F2NOS. The van der Waals surface area contributed by atoms with Gasteiger partial charge in [0.25, 0.3) is 5.91 Å². The molecule has 0 aliphatic rings. The summed E-state index contributed by atoms with van der Waals surface area (Å²) in [4.78, 5) is 12.2. The van der Waals surface area contributed by atoms with E-state index in [1.54, 1.807) is 31.4 Å². The molecule has 0 rings (SSSR count). The van der Waals surface area contributed by atoms with Gasteiger partial charge in [0, 0.05) is 6.54 Å². The fraction of sp³-hybridized carbons (Fsp3) is 0.500. The number of hydrogen-bond acceptors (Lipinski definition) is 2. The number of hydrogen-bond donors (Lipinski definition) is 1. The van der Waals surface area contributed by atoms with Crippen LogP contribution in [-0.2, 0) is 4.79 Å². The van der Waals surface area contributed by atoms with E-state index in [0.717, 1.165) is 0 Å². The number of amides is 1. The van der Waals surface area contributed by atoms with Crippen molar-refractivity contribution in [3.63, 3.8) is 0 Å². The Kier molecular flexibility index (Phi) is 9.21. The Morgan fingerprint density at radius 2 is 1.95 bits per heavy atom. The lowest BCUT2D eigenvalue weighted by Crippen LogP contribution is -2.25. The van der Waals surface area contributed by atoms with Gasteiger partial charge in [-0.25, -0.2) is 8.78 Å². The maximum atomic E-state index is 13.1. The lowest BCUT2D eigenvalue weighted by Gasteiger charge is -2.10. The summed E-state index contributed by atoms with van der Waals surface area (Å²) < 4.78 is 25.6. The normalized spacial score (nSPS) is 16.5. The summed E-state index contributed by atoms with van der Waals surface area (Å²) in [6.45, 7) is 4.77. The standard InChI is InChI=1S/C14H21F2NOS/c1-10(15)8-6-5-7-9-17-14(18)13(19-4)11(2)12(3)16/h5-8,10,12H,9H2,1-4H3,(H,17,18). The number of thioether (sulfide) groups is 1. The van der Waals surface area contributed by atoms with Crippen LogP contribution in [0.3, 0.4) is 0 Å². The maximum Gasteiger partial charge on any atom is 0.257 e. The highest BCUT2D eigenvalue weighted by Gasteiger charge is 2.14. The van der Waals surface area contributed by atoms with E-state index in [-0.39, 0.29) is 5.91 Å². The fourth-order valence-corrected chi connectivity index (χ4v) is 1.95. The summed E-state index contributed by atoms with van der Waals surface area (Å²) in [7, 11) is 0. The molecule has 1 N–H and O–H groups in total. The van der Waals surface area contributed by atoms with Gasteiger partial charge in [-0.3, -0.25) is 4.79 Å². The Morgan fingerprint density at radius 3 is 2.42 bits per heavy atom. The second-order valence-corrected chi connectivity index (χ2v) is 4.85. The van der Waals surface area contributed by atoms with Gasteiger partial charge in [-0.15, -0.1) is 11.8 Å². The zero-order valence-corrected chi connectivity index (χ0v) is 12.6. The first-order valence-electron chi connectivity index (χ1n) is 6.04. The summed E-state index contributed by atoms with van der Waals surface area (Å²) in [5.41, 5.74) is 0.431. The van der Waals surface area contributed by atoms with Gasteiger partial charge in [-0.2, -0.15) is 0 Å². The highest BCUT2D eigenvalue weighted by atomic mass is 32.2. The van der Waals surface area contributed by atoms with Gasteiger partial charge in [0.05, 0.1) is 4.91 Å². The molecule has 5 heteroatoms. The van der Waals surface area contributed by atoms with Crippen molar-refractivity contribution in [2.75, 3.05) is 12.8 Å². The second-order valence-electron chi connectivity index (χ2n) is 4.03. The van der Waals surface area contributed by atoms with Gasteiger partial charge in [0.15, 0.2) is 0 Å². The molecule has 0 aromatic rings. The lowest BCUT2D eigenvalue weighted by atomic mass is 10.2. The summed E-state index contributed by atoms with van der Waals surface area (Å²) in [6, 6.07) is 0. The molecule has 0 spiro atoms. The predicted octanol–water partition coefficient (Wildman–Crippen LogP) is 3.57. The number of carbonyl (C=O) groups excluding carboxylic acids is 1. The van der Waals surface area contributed by atoms with Crippen molar-refractivity contribution in [1.82, 2.24) is 5.32 Å². The van der Waals surface area contributed by atoms with Crippen molar-refractivity contribution in [2.24, 2.45) is 0 Å². The molecule has 0 aliphatic heterocycles. The van der Waals surface area contributed by atoms with E-state index in [2.05, 4.69) is 5.32 Å². The first-order chi connectivity index (χ1) is 8.90. The molecule has 0 aromatic carbocycles. The molecule has 2 atom stereocenters. The van der Waals surface area contributed by atoms with Crippen molar-refractivity contribution in [1.29, 1.82) is 0 Å². The Morgan fingerprint density at radius 1 is 1.32 bits per heavy atom. The smallest absolute Gasteiger partial charge is 0.257 e. The van der Waals surface area contributed by atoms with E-state index in [9.17, 15) is 13.6 Å². The zero-order chi connectivity index (χ0) is 14.8. The maximum absolute atomic E-state index is 13.1. The van der Waals surface area contributed by atoms with Crippen LogP contribution >= 0.6 is 11.8 Å². The minimum absolute atomic E-state index is 0.290. The number of nitrogens with one attached hydrogen (secondary N) is 1. The van der Waals surface area contributed by atoms with E-state index in [1.807, 2.05) is 0 Å². The van der Waals surface area contributed by atoms with Crippen molar-refractivity contribution < 1.29 is 13.6 Å². The van der Waals surface area contributed by atoms with Gasteiger partial charge < -0.3 is 5.32 Å². The summed E-state index contributed by atoms with van der Waals surface area (Å²) >= 11 is 1.23. The molecular weight excluding hydrogens is 268 g/mol. The first kappa shape index (κ1) is 17.9. The Bertz CT molecular complexity index is 374. The number of allylic oxidation sites excluding steroid dienone is 4. The molecule has 0 saturated carbocycles. The molecule has 2 nitrogen and oxygen atoms in total. The molecule has 0 fully saturated rings. The monoisotopic (exact) mass is 289 g/mol. The third-order valence-corrected chi connectivity index (χ3v) is 3.28. The molecule has 19 heavy (non-hydrogen) atoms. The van der Waals surface area contributed by atoms with Gasteiger partial charge >= 0.3 is 0 Å². The van der Waals surface area contributed by atoms with Crippen molar-refractivity contribution in [2.45, 2.75) is 33.1 Å². The quantitative estimate of drug-likeness (QED) is 0.573. The van der Waals surface area contributed by atoms with Gasteiger partial charge in [-0.05, 0) is 32.6 Å². The largest absolute Gasteiger partial charge is 0.348 e. The van der Waals surface area contributed by atoms with Crippen LogP contribution in [0.1, 0.15) is 20.8 Å². The number of alkyl halides is 2. The molecule has 108 valence electrons. The van der Waals surface area contributed by atoms with Crippen LogP contribution in [0.15, 0.2) is 34.8 Å². The summed E-state index contributed by atoms with van der Waals surface area (Å²) in [6.07, 6.45) is 5.95. The predicted molar refractivity (Wildman–Crippen MR) is 78.6 cm³/mol. The first-order valence-corrected chi connectivity index (χ1v) is 7.27. The average Bonchev–Trinajstić information content (AvgIpc) is 2.33. The van der Waals surface area contributed by atoms with E-state index < -0.39 is 12.3 Å². The van der Waals surface area contributed by atoms with Crippen molar-refractivity contribution in [3.05, 3.63) is 34.8 Å². The van der Waals surface area contributed by atoms with Gasteiger partial charge in [0.1, 0.15) is 12.3 Å².